The maximum atomic E-state index is 12.6. The molecule has 2 aromatic rings. The average Bonchev–Trinajstić information content (AvgIpc) is 2.93. The van der Waals surface area contributed by atoms with Crippen molar-refractivity contribution in [2.75, 3.05) is 18.4 Å². The third kappa shape index (κ3) is 5.25. The van der Waals surface area contributed by atoms with Gasteiger partial charge < -0.3 is 9.80 Å². The van der Waals surface area contributed by atoms with Crippen LogP contribution in [0.3, 0.4) is 0 Å². The largest absolute Gasteiger partial charge is 0.335 e. The molecule has 0 radical (unpaired) electrons. The Morgan fingerprint density at radius 1 is 1.25 bits per heavy atom. The minimum Gasteiger partial charge on any atom is -0.335 e. The van der Waals surface area contributed by atoms with Gasteiger partial charge in [-0.05, 0) is 43.9 Å². The predicted octanol–water partition coefficient (Wildman–Crippen LogP) is 2.62. The molecule has 148 valence electrons. The summed E-state index contributed by atoms with van der Waals surface area (Å²) in [6, 6.07) is 3.68. The molecule has 0 saturated carbocycles. The molecule has 2 aromatic heterocycles. The first kappa shape index (κ1) is 19.7. The van der Waals surface area contributed by atoms with E-state index in [9.17, 15) is 9.59 Å². The minimum absolute atomic E-state index is 0.0238. The van der Waals surface area contributed by atoms with E-state index in [1.807, 2.05) is 24.0 Å². The molecule has 0 spiro atoms. The van der Waals surface area contributed by atoms with Crippen LogP contribution < -0.4 is 5.32 Å². The standard InChI is InChI=1S/C20H26N6O2/c1-15-5-7-23-19(10-15)24-20(28)25-8-3-4-18(6-9-25)26(16(2)27)13-17-11-21-14-22-12-17/h5,7,10-12,14,18H,3-4,6,8-9,13H2,1-2H3,(H,23,24,28)/t18-/m1/s1. The summed E-state index contributed by atoms with van der Waals surface area (Å²) in [6.07, 6.45) is 9.06. The molecule has 1 aliphatic heterocycles. The molecule has 1 aliphatic rings. The number of rotatable bonds is 4. The number of carbonyl (C=O) groups is 2. The second kappa shape index (κ2) is 9.25. The molecule has 0 unspecified atom stereocenters. The van der Waals surface area contributed by atoms with Crippen molar-refractivity contribution in [2.45, 2.75) is 45.7 Å². The van der Waals surface area contributed by atoms with Crippen molar-refractivity contribution in [3.63, 3.8) is 0 Å². The van der Waals surface area contributed by atoms with Crippen molar-refractivity contribution >= 4 is 17.8 Å². The maximum absolute atomic E-state index is 12.6. The lowest BCUT2D eigenvalue weighted by Gasteiger charge is -2.30. The van der Waals surface area contributed by atoms with E-state index >= 15 is 0 Å². The number of aromatic nitrogens is 3. The third-order valence-electron chi connectivity index (χ3n) is 4.95. The number of hydrogen-bond acceptors (Lipinski definition) is 5. The van der Waals surface area contributed by atoms with Crippen molar-refractivity contribution in [1.82, 2.24) is 24.8 Å². The van der Waals surface area contributed by atoms with Crippen LogP contribution in [0.15, 0.2) is 37.1 Å². The van der Waals surface area contributed by atoms with Crippen LogP contribution in [0.25, 0.3) is 0 Å². The summed E-state index contributed by atoms with van der Waals surface area (Å²) >= 11 is 0. The quantitative estimate of drug-likeness (QED) is 0.878. The van der Waals surface area contributed by atoms with Crippen LogP contribution in [0.5, 0.6) is 0 Å². The number of anilines is 1. The van der Waals surface area contributed by atoms with Gasteiger partial charge in [-0.3, -0.25) is 10.1 Å². The molecule has 1 saturated heterocycles. The van der Waals surface area contributed by atoms with Gasteiger partial charge in [0.05, 0.1) is 0 Å². The molecule has 28 heavy (non-hydrogen) atoms. The fraction of sp³-hybridized carbons (Fsp3) is 0.450. The van der Waals surface area contributed by atoms with E-state index in [-0.39, 0.29) is 18.0 Å². The first-order chi connectivity index (χ1) is 13.5. The molecule has 1 fully saturated rings. The summed E-state index contributed by atoms with van der Waals surface area (Å²) in [5.41, 5.74) is 1.95. The normalized spacial score (nSPS) is 16.9. The number of aryl methyl sites for hydroxylation is 1. The lowest BCUT2D eigenvalue weighted by atomic mass is 10.1. The van der Waals surface area contributed by atoms with Gasteiger partial charge in [-0.2, -0.15) is 0 Å². The van der Waals surface area contributed by atoms with Gasteiger partial charge in [0.25, 0.3) is 0 Å². The lowest BCUT2D eigenvalue weighted by molar-refractivity contribution is -0.132. The zero-order valence-corrected chi connectivity index (χ0v) is 16.3. The third-order valence-corrected chi connectivity index (χ3v) is 4.95. The summed E-state index contributed by atoms with van der Waals surface area (Å²) in [5.74, 6) is 0.580. The first-order valence-electron chi connectivity index (χ1n) is 9.52. The van der Waals surface area contributed by atoms with Crippen molar-refractivity contribution in [3.05, 3.63) is 48.2 Å². The summed E-state index contributed by atoms with van der Waals surface area (Å²) in [4.78, 5) is 40.7. The van der Waals surface area contributed by atoms with E-state index in [1.54, 1.807) is 30.4 Å². The molecule has 3 amide bonds. The van der Waals surface area contributed by atoms with Crippen molar-refractivity contribution in [1.29, 1.82) is 0 Å². The topological polar surface area (TPSA) is 91.3 Å². The summed E-state index contributed by atoms with van der Waals surface area (Å²) in [7, 11) is 0. The Balaban J connectivity index is 1.61. The van der Waals surface area contributed by atoms with E-state index in [1.165, 1.54) is 6.33 Å². The molecule has 0 aromatic carbocycles. The zero-order chi connectivity index (χ0) is 19.9. The summed E-state index contributed by atoms with van der Waals surface area (Å²) in [5, 5.41) is 2.87. The zero-order valence-electron chi connectivity index (χ0n) is 16.3. The van der Waals surface area contributed by atoms with E-state index < -0.39 is 0 Å². The minimum atomic E-state index is -0.149. The Morgan fingerprint density at radius 3 is 2.75 bits per heavy atom. The Labute approximate surface area is 165 Å². The van der Waals surface area contributed by atoms with Crippen molar-refractivity contribution in [2.24, 2.45) is 0 Å². The van der Waals surface area contributed by atoms with Gasteiger partial charge in [-0.25, -0.2) is 19.7 Å². The second-order valence-corrected chi connectivity index (χ2v) is 7.11. The van der Waals surface area contributed by atoms with Crippen molar-refractivity contribution in [3.8, 4) is 0 Å². The highest BCUT2D eigenvalue weighted by molar-refractivity contribution is 5.88. The number of carbonyl (C=O) groups excluding carboxylic acids is 2. The van der Waals surface area contributed by atoms with Crippen molar-refractivity contribution < 1.29 is 9.59 Å². The molecule has 8 heteroatoms. The number of amides is 3. The fourth-order valence-corrected chi connectivity index (χ4v) is 3.49. The number of urea groups is 1. The van der Waals surface area contributed by atoms with Gasteiger partial charge in [-0.15, -0.1) is 0 Å². The maximum Gasteiger partial charge on any atom is 0.323 e. The molecule has 3 heterocycles. The van der Waals surface area contributed by atoms with Gasteiger partial charge >= 0.3 is 6.03 Å². The van der Waals surface area contributed by atoms with E-state index in [0.717, 1.165) is 30.4 Å². The fourth-order valence-electron chi connectivity index (χ4n) is 3.49. The molecule has 0 bridgehead atoms. The Hall–Kier alpha value is -3.03. The molecular weight excluding hydrogens is 356 g/mol. The number of pyridine rings is 1. The van der Waals surface area contributed by atoms with Gasteiger partial charge in [0.15, 0.2) is 0 Å². The van der Waals surface area contributed by atoms with Crippen LogP contribution in [0.2, 0.25) is 0 Å². The second-order valence-electron chi connectivity index (χ2n) is 7.11. The van der Waals surface area contributed by atoms with Crippen LogP contribution >= 0.6 is 0 Å². The summed E-state index contributed by atoms with van der Waals surface area (Å²) in [6.45, 7) is 5.29. The van der Waals surface area contributed by atoms with Crippen LogP contribution in [-0.4, -0.2) is 55.8 Å². The lowest BCUT2D eigenvalue weighted by Crippen LogP contribution is -2.40. The van der Waals surface area contributed by atoms with E-state index in [2.05, 4.69) is 20.3 Å². The molecular formula is C20H26N6O2. The van der Waals surface area contributed by atoms with Gasteiger partial charge in [0.2, 0.25) is 5.91 Å². The van der Waals surface area contributed by atoms with E-state index in [4.69, 9.17) is 0 Å². The van der Waals surface area contributed by atoms with E-state index in [0.29, 0.717) is 25.5 Å². The average molecular weight is 382 g/mol. The number of likely N-dealkylation sites (tertiary alicyclic amines) is 1. The Kier molecular flexibility index (Phi) is 6.52. The SMILES string of the molecule is CC(=O)N(Cc1cncnc1)[C@@H]1CCCN(C(=O)Nc2cc(C)ccn2)CC1. The van der Waals surface area contributed by atoms with Crippen LogP contribution in [0.4, 0.5) is 10.6 Å². The monoisotopic (exact) mass is 382 g/mol. The molecule has 8 nitrogen and oxygen atoms in total. The number of hydrogen-bond donors (Lipinski definition) is 1. The highest BCUT2D eigenvalue weighted by atomic mass is 16.2. The highest BCUT2D eigenvalue weighted by Crippen LogP contribution is 2.20. The van der Waals surface area contributed by atoms with Crippen LogP contribution in [0.1, 0.15) is 37.3 Å². The van der Waals surface area contributed by atoms with Gasteiger partial charge in [0, 0.05) is 56.8 Å². The molecule has 1 N–H and O–H groups in total. The highest BCUT2D eigenvalue weighted by Gasteiger charge is 2.26. The van der Waals surface area contributed by atoms with Gasteiger partial charge in [0.1, 0.15) is 12.1 Å². The number of nitrogens with one attached hydrogen (secondary N) is 1. The number of nitrogens with zero attached hydrogens (tertiary/aromatic N) is 5. The van der Waals surface area contributed by atoms with Gasteiger partial charge in [-0.1, -0.05) is 0 Å². The smallest absolute Gasteiger partial charge is 0.323 e. The van der Waals surface area contributed by atoms with Crippen LogP contribution in [-0.2, 0) is 11.3 Å². The van der Waals surface area contributed by atoms with Crippen LogP contribution in [0, 0.1) is 6.92 Å². The Morgan fingerprint density at radius 2 is 2.04 bits per heavy atom. The molecule has 3 rings (SSSR count). The predicted molar refractivity (Wildman–Crippen MR) is 105 cm³/mol. The molecule has 0 aliphatic carbocycles. The first-order valence-corrected chi connectivity index (χ1v) is 9.52. The summed E-state index contributed by atoms with van der Waals surface area (Å²) < 4.78 is 0. The molecule has 1 atom stereocenters. The Bertz CT molecular complexity index is 813.